The molecule has 0 unspecified atom stereocenters. The third kappa shape index (κ3) is 3.46. The number of nitrogens with zero attached hydrogens (tertiary/aromatic N) is 2. The first-order valence-electron chi connectivity index (χ1n) is 9.06. The van der Waals surface area contributed by atoms with Crippen LogP contribution in [0.25, 0.3) is 0 Å². The molecule has 2 heterocycles. The molecule has 2 atom stereocenters. The van der Waals surface area contributed by atoms with Gasteiger partial charge in [0.05, 0.1) is 17.8 Å². The van der Waals surface area contributed by atoms with E-state index in [0.717, 1.165) is 58.0 Å². The fourth-order valence-electron chi connectivity index (χ4n) is 4.52. The fourth-order valence-corrected chi connectivity index (χ4v) is 4.52. The Labute approximate surface area is 133 Å². The van der Waals surface area contributed by atoms with Crippen LogP contribution in [0, 0.1) is 17.2 Å². The summed E-state index contributed by atoms with van der Waals surface area (Å²) in [4.78, 5) is 14.9. The van der Waals surface area contributed by atoms with Crippen LogP contribution in [0.5, 0.6) is 0 Å². The van der Waals surface area contributed by atoms with Gasteiger partial charge in [0.2, 0.25) is 5.91 Å². The highest BCUT2D eigenvalue weighted by Crippen LogP contribution is 2.39. The van der Waals surface area contributed by atoms with Gasteiger partial charge in [0, 0.05) is 25.4 Å². The maximum absolute atomic E-state index is 12.8. The lowest BCUT2D eigenvalue weighted by Crippen LogP contribution is -2.52. The highest BCUT2D eigenvalue weighted by Gasteiger charge is 2.44. The number of nitriles is 1. The second-order valence-electron chi connectivity index (χ2n) is 7.36. The Morgan fingerprint density at radius 3 is 2.77 bits per heavy atom. The van der Waals surface area contributed by atoms with Crippen molar-refractivity contribution in [2.75, 3.05) is 13.1 Å². The van der Waals surface area contributed by atoms with Crippen LogP contribution in [0.2, 0.25) is 0 Å². The fraction of sp³-hybridized carbons (Fsp3) is 0.889. The molecule has 4 heteroatoms. The molecule has 1 amide bonds. The number of rotatable bonds is 3. The van der Waals surface area contributed by atoms with E-state index in [2.05, 4.69) is 11.0 Å². The van der Waals surface area contributed by atoms with Gasteiger partial charge in [-0.3, -0.25) is 4.79 Å². The molecule has 0 radical (unpaired) electrons. The van der Waals surface area contributed by atoms with Gasteiger partial charge in [0.1, 0.15) is 0 Å². The van der Waals surface area contributed by atoms with Crippen LogP contribution in [-0.4, -0.2) is 35.6 Å². The number of ether oxygens (including phenoxy) is 1. The molecule has 22 heavy (non-hydrogen) atoms. The SMILES string of the molecule is N#CCC[C@H]1CC[C@]2(CCCN(C(=O)C3CCCCC3)C2)O1. The van der Waals surface area contributed by atoms with E-state index in [1.807, 2.05) is 0 Å². The van der Waals surface area contributed by atoms with Crippen molar-refractivity contribution in [3.63, 3.8) is 0 Å². The van der Waals surface area contributed by atoms with Crippen molar-refractivity contribution in [1.82, 2.24) is 4.90 Å². The topological polar surface area (TPSA) is 53.3 Å². The molecule has 0 N–H and O–H groups in total. The second-order valence-corrected chi connectivity index (χ2v) is 7.36. The Kier molecular flexibility index (Phi) is 5.03. The largest absolute Gasteiger partial charge is 0.370 e. The number of likely N-dealkylation sites (tertiary alicyclic amines) is 1. The zero-order valence-electron chi connectivity index (χ0n) is 13.6. The van der Waals surface area contributed by atoms with Crippen LogP contribution in [0.1, 0.15) is 70.6 Å². The summed E-state index contributed by atoms with van der Waals surface area (Å²) < 4.78 is 6.31. The maximum atomic E-state index is 12.8. The average Bonchev–Trinajstić information content (AvgIpc) is 2.95. The van der Waals surface area contributed by atoms with Gasteiger partial charge in [-0.05, 0) is 44.9 Å². The molecule has 3 rings (SSSR count). The number of amides is 1. The zero-order valence-corrected chi connectivity index (χ0v) is 13.6. The average molecular weight is 304 g/mol. The van der Waals surface area contributed by atoms with Crippen molar-refractivity contribution in [2.24, 2.45) is 5.92 Å². The number of carbonyl (C=O) groups excluding carboxylic acids is 1. The van der Waals surface area contributed by atoms with E-state index in [0.29, 0.717) is 12.3 Å². The van der Waals surface area contributed by atoms with Crippen LogP contribution in [-0.2, 0) is 9.53 Å². The third-order valence-electron chi connectivity index (χ3n) is 5.72. The standard InChI is InChI=1S/C18H28N2O2/c19-12-4-8-16-9-11-18(22-16)10-5-13-20(14-18)17(21)15-6-2-1-3-7-15/h15-16H,1-11,13-14H2/t16-,18-/m0/s1. The molecule has 2 aliphatic heterocycles. The summed E-state index contributed by atoms with van der Waals surface area (Å²) in [7, 11) is 0. The summed E-state index contributed by atoms with van der Waals surface area (Å²) >= 11 is 0. The Morgan fingerprint density at radius 1 is 1.18 bits per heavy atom. The zero-order chi connectivity index (χ0) is 15.4. The van der Waals surface area contributed by atoms with Crippen LogP contribution in [0.15, 0.2) is 0 Å². The van der Waals surface area contributed by atoms with Gasteiger partial charge < -0.3 is 9.64 Å². The molecule has 1 saturated carbocycles. The summed E-state index contributed by atoms with van der Waals surface area (Å²) in [6, 6.07) is 2.21. The van der Waals surface area contributed by atoms with Gasteiger partial charge in [0.15, 0.2) is 0 Å². The summed E-state index contributed by atoms with van der Waals surface area (Å²) in [5, 5.41) is 8.73. The van der Waals surface area contributed by atoms with Gasteiger partial charge in [-0.15, -0.1) is 0 Å². The number of carbonyl (C=O) groups is 1. The normalized spacial score (nSPS) is 33.0. The maximum Gasteiger partial charge on any atom is 0.225 e. The molecule has 0 aromatic carbocycles. The first kappa shape index (κ1) is 15.8. The molecule has 1 spiro atoms. The smallest absolute Gasteiger partial charge is 0.225 e. The Bertz CT molecular complexity index is 439. The molecule has 3 aliphatic rings. The van der Waals surface area contributed by atoms with Crippen LogP contribution >= 0.6 is 0 Å². The monoisotopic (exact) mass is 304 g/mol. The second kappa shape index (κ2) is 7.00. The lowest BCUT2D eigenvalue weighted by molar-refractivity contribution is -0.147. The first-order valence-corrected chi connectivity index (χ1v) is 9.06. The molecule has 0 aromatic rings. The predicted molar refractivity (Wildman–Crippen MR) is 84.1 cm³/mol. The summed E-state index contributed by atoms with van der Waals surface area (Å²) in [6.45, 7) is 1.69. The highest BCUT2D eigenvalue weighted by molar-refractivity contribution is 5.79. The van der Waals surface area contributed by atoms with E-state index in [1.165, 1.54) is 19.3 Å². The van der Waals surface area contributed by atoms with Gasteiger partial charge in [-0.25, -0.2) is 0 Å². The quantitative estimate of drug-likeness (QED) is 0.803. The van der Waals surface area contributed by atoms with Crippen molar-refractivity contribution in [2.45, 2.75) is 82.3 Å². The van der Waals surface area contributed by atoms with E-state index < -0.39 is 0 Å². The number of hydrogen-bond donors (Lipinski definition) is 0. The third-order valence-corrected chi connectivity index (χ3v) is 5.72. The molecular formula is C18H28N2O2. The van der Waals surface area contributed by atoms with Crippen molar-refractivity contribution in [3.8, 4) is 6.07 Å². The van der Waals surface area contributed by atoms with E-state index in [4.69, 9.17) is 10.00 Å². The Morgan fingerprint density at radius 2 is 2.00 bits per heavy atom. The van der Waals surface area contributed by atoms with Crippen molar-refractivity contribution >= 4 is 5.91 Å². The van der Waals surface area contributed by atoms with E-state index in [-0.39, 0.29) is 17.6 Å². The molecular weight excluding hydrogens is 276 g/mol. The summed E-state index contributed by atoms with van der Waals surface area (Å²) in [5.41, 5.74) is -0.108. The van der Waals surface area contributed by atoms with Crippen molar-refractivity contribution in [3.05, 3.63) is 0 Å². The van der Waals surface area contributed by atoms with Crippen LogP contribution < -0.4 is 0 Å². The molecule has 4 nitrogen and oxygen atoms in total. The van der Waals surface area contributed by atoms with Gasteiger partial charge >= 0.3 is 0 Å². The molecule has 0 aromatic heterocycles. The van der Waals surface area contributed by atoms with E-state index in [9.17, 15) is 4.79 Å². The predicted octanol–water partition coefficient (Wildman–Crippen LogP) is 3.41. The van der Waals surface area contributed by atoms with E-state index in [1.54, 1.807) is 0 Å². The van der Waals surface area contributed by atoms with E-state index >= 15 is 0 Å². The van der Waals surface area contributed by atoms with Crippen LogP contribution in [0.4, 0.5) is 0 Å². The lowest BCUT2D eigenvalue weighted by atomic mass is 9.85. The molecule has 122 valence electrons. The minimum Gasteiger partial charge on any atom is -0.370 e. The van der Waals surface area contributed by atoms with Crippen molar-refractivity contribution < 1.29 is 9.53 Å². The van der Waals surface area contributed by atoms with Crippen molar-refractivity contribution in [1.29, 1.82) is 5.26 Å². The van der Waals surface area contributed by atoms with Gasteiger partial charge in [0.25, 0.3) is 0 Å². The van der Waals surface area contributed by atoms with Gasteiger partial charge in [-0.1, -0.05) is 19.3 Å². The van der Waals surface area contributed by atoms with Gasteiger partial charge in [-0.2, -0.15) is 5.26 Å². The molecule has 0 bridgehead atoms. The Balaban J connectivity index is 1.57. The first-order chi connectivity index (χ1) is 10.7. The lowest BCUT2D eigenvalue weighted by Gasteiger charge is -2.41. The minimum absolute atomic E-state index is 0.108. The molecule has 1 aliphatic carbocycles. The number of hydrogen-bond acceptors (Lipinski definition) is 3. The minimum atomic E-state index is -0.108. The summed E-state index contributed by atoms with van der Waals surface area (Å²) in [5.74, 6) is 0.641. The molecule has 3 fully saturated rings. The Hall–Kier alpha value is -1.08. The molecule has 2 saturated heterocycles. The summed E-state index contributed by atoms with van der Waals surface area (Å²) in [6.07, 6.45) is 11.7. The number of piperidine rings is 1. The van der Waals surface area contributed by atoms with Crippen LogP contribution in [0.3, 0.4) is 0 Å². The highest BCUT2D eigenvalue weighted by atomic mass is 16.5.